The Bertz CT molecular complexity index is 331. The highest BCUT2D eigenvalue weighted by Crippen LogP contribution is 2.25. The zero-order chi connectivity index (χ0) is 8.55. The molecule has 0 saturated heterocycles. The molecule has 2 rings (SSSR count). The van der Waals surface area contributed by atoms with Gasteiger partial charge in [-0.2, -0.15) is 0 Å². The molecule has 0 unspecified atom stereocenters. The van der Waals surface area contributed by atoms with Gasteiger partial charge in [-0.15, -0.1) is 0 Å². The molecule has 62 valence electrons. The highest BCUT2D eigenvalue weighted by atomic mass is 16.5. The van der Waals surface area contributed by atoms with Gasteiger partial charge in [0, 0.05) is 12.1 Å². The van der Waals surface area contributed by atoms with Crippen molar-refractivity contribution in [3.8, 4) is 5.75 Å². The van der Waals surface area contributed by atoms with Gasteiger partial charge in [0.1, 0.15) is 5.75 Å². The van der Waals surface area contributed by atoms with E-state index < -0.39 is 0 Å². The van der Waals surface area contributed by atoms with E-state index in [0.29, 0.717) is 5.71 Å². The van der Waals surface area contributed by atoms with Crippen LogP contribution >= 0.6 is 0 Å². The topological polar surface area (TPSA) is 33.1 Å². The summed E-state index contributed by atoms with van der Waals surface area (Å²) in [5.41, 5.74) is 2.85. The number of ether oxygens (including phenoxy) is 1. The molecule has 1 aliphatic rings. The SMILES string of the molecule is CC(=N)c1ccc2c(c1)CCO2. The van der Waals surface area contributed by atoms with Crippen LogP contribution in [-0.4, -0.2) is 12.3 Å². The predicted molar refractivity (Wildman–Crippen MR) is 48.1 cm³/mol. The van der Waals surface area contributed by atoms with Gasteiger partial charge in [0.05, 0.1) is 6.61 Å². The first-order valence-corrected chi connectivity index (χ1v) is 4.08. The van der Waals surface area contributed by atoms with Gasteiger partial charge in [0.2, 0.25) is 0 Å². The Labute approximate surface area is 71.7 Å². The minimum atomic E-state index is 0.615. The van der Waals surface area contributed by atoms with Crippen LogP contribution in [0.15, 0.2) is 18.2 Å². The van der Waals surface area contributed by atoms with Crippen LogP contribution in [0.1, 0.15) is 18.1 Å². The van der Waals surface area contributed by atoms with Crippen molar-refractivity contribution in [3.63, 3.8) is 0 Å². The van der Waals surface area contributed by atoms with Gasteiger partial charge in [-0.25, -0.2) is 0 Å². The summed E-state index contributed by atoms with van der Waals surface area (Å²) in [4.78, 5) is 0. The van der Waals surface area contributed by atoms with Gasteiger partial charge in [-0.3, -0.25) is 0 Å². The van der Waals surface area contributed by atoms with Crippen molar-refractivity contribution in [2.75, 3.05) is 6.61 Å². The molecule has 1 heterocycles. The number of benzene rings is 1. The summed E-state index contributed by atoms with van der Waals surface area (Å²) in [5.74, 6) is 0.986. The van der Waals surface area contributed by atoms with Crippen LogP contribution in [0.25, 0.3) is 0 Å². The summed E-state index contributed by atoms with van der Waals surface area (Å²) in [6, 6.07) is 5.94. The summed E-state index contributed by atoms with van der Waals surface area (Å²) in [5, 5.41) is 7.46. The molecule has 1 aliphatic heterocycles. The highest BCUT2D eigenvalue weighted by molar-refractivity contribution is 5.96. The van der Waals surface area contributed by atoms with Crippen molar-refractivity contribution < 1.29 is 4.74 Å². The van der Waals surface area contributed by atoms with Crippen LogP contribution in [0.2, 0.25) is 0 Å². The number of nitrogens with one attached hydrogen (secondary N) is 1. The standard InChI is InChI=1S/C10H11NO/c1-7(11)8-2-3-10-9(6-8)4-5-12-10/h2-3,6,11H,4-5H2,1H3. The minimum absolute atomic E-state index is 0.615. The molecule has 2 nitrogen and oxygen atoms in total. The van der Waals surface area contributed by atoms with Gasteiger partial charge < -0.3 is 10.1 Å². The molecule has 0 spiro atoms. The molecule has 0 aliphatic carbocycles. The normalized spacial score (nSPS) is 13.8. The van der Waals surface area contributed by atoms with Gasteiger partial charge in [0.25, 0.3) is 0 Å². The van der Waals surface area contributed by atoms with E-state index in [4.69, 9.17) is 10.1 Å². The van der Waals surface area contributed by atoms with Gasteiger partial charge in [-0.1, -0.05) is 0 Å². The fraction of sp³-hybridized carbons (Fsp3) is 0.300. The molecule has 1 aromatic carbocycles. The molecular weight excluding hydrogens is 150 g/mol. The van der Waals surface area contributed by atoms with Crippen molar-refractivity contribution >= 4 is 5.71 Å². The quantitative estimate of drug-likeness (QED) is 0.628. The van der Waals surface area contributed by atoms with Crippen molar-refractivity contribution in [1.29, 1.82) is 5.41 Å². The van der Waals surface area contributed by atoms with Crippen LogP contribution in [0.3, 0.4) is 0 Å². The molecule has 0 fully saturated rings. The van der Waals surface area contributed by atoms with E-state index in [9.17, 15) is 0 Å². The maximum atomic E-state index is 7.46. The molecule has 0 saturated carbocycles. The second kappa shape index (κ2) is 2.63. The van der Waals surface area contributed by atoms with Crippen molar-refractivity contribution in [2.24, 2.45) is 0 Å². The summed E-state index contributed by atoms with van der Waals surface area (Å²) in [6.07, 6.45) is 0.983. The maximum absolute atomic E-state index is 7.46. The highest BCUT2D eigenvalue weighted by Gasteiger charge is 2.11. The molecule has 2 heteroatoms. The van der Waals surface area contributed by atoms with Crippen LogP contribution in [0, 0.1) is 5.41 Å². The molecule has 1 N–H and O–H groups in total. The van der Waals surface area contributed by atoms with E-state index in [-0.39, 0.29) is 0 Å². The van der Waals surface area contributed by atoms with Gasteiger partial charge in [-0.05, 0) is 36.2 Å². The van der Waals surface area contributed by atoms with Crippen molar-refractivity contribution in [1.82, 2.24) is 0 Å². The smallest absolute Gasteiger partial charge is 0.122 e. The van der Waals surface area contributed by atoms with Gasteiger partial charge in [0.15, 0.2) is 0 Å². The molecule has 0 bridgehead atoms. The molecule has 0 amide bonds. The first-order valence-electron chi connectivity index (χ1n) is 4.08. The number of hydrogen-bond donors (Lipinski definition) is 1. The average molecular weight is 161 g/mol. The van der Waals surface area contributed by atoms with E-state index in [1.165, 1.54) is 5.56 Å². The first kappa shape index (κ1) is 7.35. The summed E-state index contributed by atoms with van der Waals surface area (Å²) in [6.45, 7) is 2.59. The largest absolute Gasteiger partial charge is 0.493 e. The monoisotopic (exact) mass is 161 g/mol. The molecule has 12 heavy (non-hydrogen) atoms. The van der Waals surface area contributed by atoms with E-state index in [0.717, 1.165) is 24.3 Å². The minimum Gasteiger partial charge on any atom is -0.493 e. The lowest BCUT2D eigenvalue weighted by molar-refractivity contribution is 0.357. The summed E-state index contributed by atoms with van der Waals surface area (Å²) < 4.78 is 5.36. The Morgan fingerprint density at radius 3 is 3.08 bits per heavy atom. The average Bonchev–Trinajstić information content (AvgIpc) is 2.49. The van der Waals surface area contributed by atoms with Gasteiger partial charge >= 0.3 is 0 Å². The van der Waals surface area contributed by atoms with Crippen LogP contribution < -0.4 is 4.74 Å². The molecule has 0 atom stereocenters. The van der Waals surface area contributed by atoms with Crippen molar-refractivity contribution in [2.45, 2.75) is 13.3 Å². The third-order valence-electron chi connectivity index (χ3n) is 2.12. The Hall–Kier alpha value is -1.31. The maximum Gasteiger partial charge on any atom is 0.122 e. The van der Waals surface area contributed by atoms with Crippen LogP contribution in [0.5, 0.6) is 5.75 Å². The zero-order valence-corrected chi connectivity index (χ0v) is 7.05. The molecule has 0 radical (unpaired) electrons. The van der Waals surface area contributed by atoms with E-state index in [1.807, 2.05) is 18.2 Å². The molecule has 0 aromatic heterocycles. The Kier molecular flexibility index (Phi) is 1.61. The third-order valence-corrected chi connectivity index (χ3v) is 2.12. The molecule has 1 aromatic rings. The van der Waals surface area contributed by atoms with E-state index in [1.54, 1.807) is 6.92 Å². The summed E-state index contributed by atoms with van der Waals surface area (Å²) >= 11 is 0. The lowest BCUT2D eigenvalue weighted by Gasteiger charge is -2.01. The second-order valence-corrected chi connectivity index (χ2v) is 3.05. The van der Waals surface area contributed by atoms with Crippen molar-refractivity contribution in [3.05, 3.63) is 29.3 Å². The molecular formula is C10H11NO. The lowest BCUT2D eigenvalue weighted by Crippen LogP contribution is -1.92. The zero-order valence-electron chi connectivity index (χ0n) is 7.05. The lowest BCUT2D eigenvalue weighted by atomic mass is 10.1. The Morgan fingerprint density at radius 2 is 2.33 bits per heavy atom. The first-order chi connectivity index (χ1) is 5.77. The fourth-order valence-electron chi connectivity index (χ4n) is 1.42. The van der Waals surface area contributed by atoms with E-state index >= 15 is 0 Å². The third kappa shape index (κ3) is 1.09. The Balaban J connectivity index is 2.45. The van der Waals surface area contributed by atoms with E-state index in [2.05, 4.69) is 0 Å². The Morgan fingerprint density at radius 1 is 1.50 bits per heavy atom. The number of fused-ring (bicyclic) bond motifs is 1. The second-order valence-electron chi connectivity index (χ2n) is 3.05. The predicted octanol–water partition coefficient (Wildman–Crippen LogP) is 2.01. The fourth-order valence-corrected chi connectivity index (χ4v) is 1.42. The number of hydrogen-bond acceptors (Lipinski definition) is 2. The van der Waals surface area contributed by atoms with Crippen LogP contribution in [-0.2, 0) is 6.42 Å². The number of rotatable bonds is 1. The van der Waals surface area contributed by atoms with Crippen LogP contribution in [0.4, 0.5) is 0 Å². The summed E-state index contributed by atoms with van der Waals surface area (Å²) in [7, 11) is 0.